The number of aryl methyl sites for hydroxylation is 1. The van der Waals surface area contributed by atoms with Crippen molar-refractivity contribution in [3.8, 4) is 0 Å². The second-order valence-corrected chi connectivity index (χ2v) is 6.78. The molecule has 1 unspecified atom stereocenters. The van der Waals surface area contributed by atoms with Crippen LogP contribution in [0.25, 0.3) is 10.8 Å². The number of rotatable bonds is 2. The Balaban J connectivity index is 1.90. The molecule has 3 heteroatoms. The van der Waals surface area contributed by atoms with E-state index in [1.165, 1.54) is 36.5 Å². The van der Waals surface area contributed by atoms with Gasteiger partial charge in [0.05, 0.1) is 5.69 Å². The molecular weight excluding hydrogens is 246 g/mol. The molecule has 3 rings (SSSR count). The third-order valence-electron chi connectivity index (χ3n) is 4.42. The number of hydrogen-bond acceptors (Lipinski definition) is 3. The van der Waals surface area contributed by atoms with Crippen molar-refractivity contribution in [1.29, 1.82) is 0 Å². The van der Waals surface area contributed by atoms with Gasteiger partial charge in [-0.1, -0.05) is 44.5 Å². The predicted octanol–water partition coefficient (Wildman–Crippen LogP) is 4.32. The Morgan fingerprint density at radius 2 is 1.90 bits per heavy atom. The molecule has 106 valence electrons. The first-order valence-corrected chi connectivity index (χ1v) is 7.54. The largest absolute Gasteiger partial charge is 0.365 e. The second kappa shape index (κ2) is 5.04. The maximum Gasteiger partial charge on any atom is 0.156 e. The maximum atomic E-state index is 4.39. The maximum absolute atomic E-state index is 4.39. The highest BCUT2D eigenvalue weighted by Gasteiger charge is 2.28. The molecule has 1 heterocycles. The summed E-state index contributed by atoms with van der Waals surface area (Å²) < 4.78 is 0. The first kappa shape index (κ1) is 13.3. The van der Waals surface area contributed by atoms with E-state index >= 15 is 0 Å². The smallest absolute Gasteiger partial charge is 0.156 e. The SMILES string of the molecule is Cc1nnc(NC2CCCC(C)(C)C2)c2ccccc12. The zero-order valence-corrected chi connectivity index (χ0v) is 12.6. The molecule has 1 aromatic heterocycles. The number of nitrogens with one attached hydrogen (secondary N) is 1. The van der Waals surface area contributed by atoms with Crippen molar-refractivity contribution in [3.05, 3.63) is 30.0 Å². The van der Waals surface area contributed by atoms with Crippen LogP contribution in [-0.4, -0.2) is 16.2 Å². The summed E-state index contributed by atoms with van der Waals surface area (Å²) in [4.78, 5) is 0. The van der Waals surface area contributed by atoms with Crippen molar-refractivity contribution in [2.24, 2.45) is 5.41 Å². The van der Waals surface area contributed by atoms with E-state index in [-0.39, 0.29) is 0 Å². The van der Waals surface area contributed by atoms with Gasteiger partial charge in [-0.3, -0.25) is 0 Å². The fraction of sp³-hybridized carbons (Fsp3) is 0.529. The number of fused-ring (bicyclic) bond motifs is 1. The van der Waals surface area contributed by atoms with Crippen LogP contribution in [0.5, 0.6) is 0 Å². The number of aromatic nitrogens is 2. The molecule has 3 nitrogen and oxygen atoms in total. The van der Waals surface area contributed by atoms with Crippen molar-refractivity contribution in [1.82, 2.24) is 10.2 Å². The van der Waals surface area contributed by atoms with Crippen LogP contribution in [0.3, 0.4) is 0 Å². The quantitative estimate of drug-likeness (QED) is 0.882. The molecule has 1 aliphatic carbocycles. The van der Waals surface area contributed by atoms with Crippen LogP contribution in [0.4, 0.5) is 5.82 Å². The fourth-order valence-corrected chi connectivity index (χ4v) is 3.36. The van der Waals surface area contributed by atoms with Crippen molar-refractivity contribution < 1.29 is 0 Å². The minimum atomic E-state index is 0.434. The number of benzene rings is 1. The Morgan fingerprint density at radius 3 is 2.65 bits per heavy atom. The lowest BCUT2D eigenvalue weighted by molar-refractivity contribution is 0.229. The molecule has 20 heavy (non-hydrogen) atoms. The third kappa shape index (κ3) is 2.62. The van der Waals surface area contributed by atoms with Gasteiger partial charge in [-0.15, -0.1) is 5.10 Å². The minimum absolute atomic E-state index is 0.434. The lowest BCUT2D eigenvalue weighted by atomic mass is 9.75. The first-order valence-electron chi connectivity index (χ1n) is 7.54. The average Bonchev–Trinajstić information content (AvgIpc) is 2.41. The fourth-order valence-electron chi connectivity index (χ4n) is 3.36. The molecule has 0 saturated heterocycles. The molecular formula is C17H23N3. The van der Waals surface area contributed by atoms with Gasteiger partial charge in [0.1, 0.15) is 0 Å². The van der Waals surface area contributed by atoms with Crippen LogP contribution in [0.1, 0.15) is 45.2 Å². The van der Waals surface area contributed by atoms with Gasteiger partial charge >= 0.3 is 0 Å². The highest BCUT2D eigenvalue weighted by molar-refractivity contribution is 5.92. The molecule has 0 amide bonds. The minimum Gasteiger partial charge on any atom is -0.365 e. The van der Waals surface area contributed by atoms with Crippen LogP contribution < -0.4 is 5.32 Å². The Hall–Kier alpha value is -1.64. The Bertz CT molecular complexity index is 619. The Labute approximate surface area is 120 Å². The molecule has 1 aliphatic rings. The number of nitrogens with zero attached hydrogens (tertiary/aromatic N) is 2. The van der Waals surface area contributed by atoms with Gasteiger partial charge in [-0.05, 0) is 31.6 Å². The van der Waals surface area contributed by atoms with Gasteiger partial charge in [-0.25, -0.2) is 0 Å². The lowest BCUT2D eigenvalue weighted by Crippen LogP contribution is -2.32. The first-order chi connectivity index (χ1) is 9.55. The van der Waals surface area contributed by atoms with Crippen molar-refractivity contribution in [2.75, 3.05) is 5.32 Å². The monoisotopic (exact) mass is 269 g/mol. The van der Waals surface area contributed by atoms with Gasteiger partial charge in [0.15, 0.2) is 5.82 Å². The van der Waals surface area contributed by atoms with Crippen molar-refractivity contribution in [3.63, 3.8) is 0 Å². The van der Waals surface area contributed by atoms with E-state index in [1.54, 1.807) is 0 Å². The normalized spacial score (nSPS) is 21.9. The molecule has 0 radical (unpaired) electrons. The molecule has 0 aliphatic heterocycles. The number of hydrogen-bond donors (Lipinski definition) is 1. The molecule has 1 saturated carbocycles. The second-order valence-electron chi connectivity index (χ2n) is 6.78. The molecule has 1 N–H and O–H groups in total. The van der Waals surface area contributed by atoms with Crippen molar-refractivity contribution >= 4 is 16.6 Å². The van der Waals surface area contributed by atoms with E-state index in [0.29, 0.717) is 11.5 Å². The zero-order valence-electron chi connectivity index (χ0n) is 12.6. The van der Waals surface area contributed by atoms with Gasteiger partial charge in [0.2, 0.25) is 0 Å². The average molecular weight is 269 g/mol. The van der Waals surface area contributed by atoms with Gasteiger partial charge in [0.25, 0.3) is 0 Å². The van der Waals surface area contributed by atoms with Gasteiger partial charge < -0.3 is 5.32 Å². The summed E-state index contributed by atoms with van der Waals surface area (Å²) in [6, 6.07) is 8.89. The van der Waals surface area contributed by atoms with E-state index in [2.05, 4.69) is 53.6 Å². The standard InChI is InChI=1S/C17H23N3/c1-12-14-8-4-5-9-15(14)16(20-19-12)18-13-7-6-10-17(2,3)11-13/h4-5,8-9,13H,6-7,10-11H2,1-3H3,(H,18,20). The summed E-state index contributed by atoms with van der Waals surface area (Å²) in [5, 5.41) is 14.7. The summed E-state index contributed by atoms with van der Waals surface area (Å²) in [5.41, 5.74) is 1.43. The van der Waals surface area contributed by atoms with E-state index in [4.69, 9.17) is 0 Å². The zero-order chi connectivity index (χ0) is 14.2. The summed E-state index contributed by atoms with van der Waals surface area (Å²) in [7, 11) is 0. The number of anilines is 1. The van der Waals surface area contributed by atoms with Gasteiger partial charge in [-0.2, -0.15) is 5.10 Å². The van der Waals surface area contributed by atoms with Crippen LogP contribution in [-0.2, 0) is 0 Å². The molecule has 1 fully saturated rings. The summed E-state index contributed by atoms with van der Waals surface area (Å²) >= 11 is 0. The molecule has 0 spiro atoms. The van der Waals surface area contributed by atoms with Crippen LogP contribution >= 0.6 is 0 Å². The van der Waals surface area contributed by atoms with Crippen LogP contribution in [0.2, 0.25) is 0 Å². The molecule has 1 atom stereocenters. The van der Waals surface area contributed by atoms with E-state index in [0.717, 1.165) is 11.5 Å². The Morgan fingerprint density at radius 1 is 1.15 bits per heavy atom. The van der Waals surface area contributed by atoms with E-state index in [9.17, 15) is 0 Å². The lowest BCUT2D eigenvalue weighted by Gasteiger charge is -2.35. The molecule has 2 aromatic rings. The van der Waals surface area contributed by atoms with Crippen LogP contribution in [0, 0.1) is 12.3 Å². The summed E-state index contributed by atoms with van der Waals surface area (Å²) in [5.74, 6) is 0.939. The van der Waals surface area contributed by atoms with E-state index < -0.39 is 0 Å². The summed E-state index contributed by atoms with van der Waals surface area (Å²) in [6.45, 7) is 6.74. The highest BCUT2D eigenvalue weighted by Crippen LogP contribution is 2.36. The van der Waals surface area contributed by atoms with Crippen LogP contribution in [0.15, 0.2) is 24.3 Å². The van der Waals surface area contributed by atoms with E-state index in [1.807, 2.05) is 6.92 Å². The summed E-state index contributed by atoms with van der Waals surface area (Å²) in [6.07, 6.45) is 5.05. The molecule has 1 aromatic carbocycles. The van der Waals surface area contributed by atoms with Gasteiger partial charge in [0, 0.05) is 16.8 Å². The predicted molar refractivity (Wildman–Crippen MR) is 83.9 cm³/mol. The molecule has 0 bridgehead atoms. The third-order valence-corrected chi connectivity index (χ3v) is 4.42. The highest BCUT2D eigenvalue weighted by atomic mass is 15.2. The Kier molecular flexibility index (Phi) is 3.36. The van der Waals surface area contributed by atoms with Crippen molar-refractivity contribution in [2.45, 2.75) is 52.5 Å². The topological polar surface area (TPSA) is 37.8 Å².